The fourth-order valence-electron chi connectivity index (χ4n) is 5.40. The highest BCUT2D eigenvalue weighted by atomic mass is 32.2. The highest BCUT2D eigenvalue weighted by molar-refractivity contribution is 7.99. The van der Waals surface area contributed by atoms with Crippen LogP contribution in [0.15, 0.2) is 24.3 Å². The second-order valence-electron chi connectivity index (χ2n) is 10.3. The molecule has 0 bridgehead atoms. The largest absolute Gasteiger partial charge is 0.497 e. The third kappa shape index (κ3) is 8.57. The van der Waals surface area contributed by atoms with E-state index in [1.54, 1.807) is 18.9 Å². The van der Waals surface area contributed by atoms with E-state index in [1.165, 1.54) is 37.7 Å². The Morgan fingerprint density at radius 1 is 1.19 bits per heavy atom. The van der Waals surface area contributed by atoms with Crippen LogP contribution in [0.5, 0.6) is 5.75 Å². The van der Waals surface area contributed by atoms with Crippen molar-refractivity contribution in [3.63, 3.8) is 0 Å². The van der Waals surface area contributed by atoms with Gasteiger partial charge in [0.05, 0.1) is 13.2 Å². The molecule has 0 radical (unpaired) electrons. The number of ether oxygens (including phenoxy) is 1. The fraction of sp³-hybridized carbons (Fsp3) is 0.704. The first-order valence-electron chi connectivity index (χ1n) is 13.5. The zero-order valence-corrected chi connectivity index (χ0v) is 23.1. The Hall–Kier alpha value is -1.42. The molecule has 2 amide bonds. The van der Waals surface area contributed by atoms with Crippen LogP contribution >= 0.6 is 23.5 Å². The van der Waals surface area contributed by atoms with Gasteiger partial charge in [0.25, 0.3) is 0 Å². The maximum absolute atomic E-state index is 13.4. The predicted octanol–water partition coefficient (Wildman–Crippen LogP) is 2.94. The molecule has 0 aromatic heterocycles. The molecule has 2 aliphatic heterocycles. The summed E-state index contributed by atoms with van der Waals surface area (Å²) in [6, 6.07) is 7.88. The Balaban J connectivity index is 1.30. The zero-order valence-electron chi connectivity index (χ0n) is 21.4. The van der Waals surface area contributed by atoms with E-state index in [0.717, 1.165) is 54.9 Å². The standard InChI is InChI=1S/C27H42N4O3S2/c1-34-23-9-5-8-20(13-23)12-22-14-21(10-11-28-22)30-27(33)25(31-26(32)24-16-36-18-29-24)17-35-15-19-6-3-2-4-7-19/h5,8-9,13,19,21-22,24-25,28-29H,2-4,6-7,10-12,14-18H2,1H3,(H,30,33)(H,31,32)/t21?,22?,24-,25-/m0/s1. The van der Waals surface area contributed by atoms with Gasteiger partial charge < -0.3 is 20.7 Å². The van der Waals surface area contributed by atoms with Crippen LogP contribution in [0.4, 0.5) is 0 Å². The first kappa shape index (κ1) is 27.6. The molecule has 9 heteroatoms. The smallest absolute Gasteiger partial charge is 0.243 e. The van der Waals surface area contributed by atoms with Crippen LogP contribution in [0, 0.1) is 5.92 Å². The molecular weight excluding hydrogens is 492 g/mol. The Bertz CT molecular complexity index is 846. The average Bonchev–Trinajstić information content (AvgIpc) is 3.44. The van der Waals surface area contributed by atoms with Crippen molar-refractivity contribution in [3.8, 4) is 5.75 Å². The molecule has 1 aromatic rings. The summed E-state index contributed by atoms with van der Waals surface area (Å²) < 4.78 is 5.36. The van der Waals surface area contributed by atoms with Crippen LogP contribution in [0.3, 0.4) is 0 Å². The van der Waals surface area contributed by atoms with Crippen LogP contribution < -0.4 is 26.0 Å². The summed E-state index contributed by atoms with van der Waals surface area (Å²) in [5, 5.41) is 13.2. The van der Waals surface area contributed by atoms with Crippen molar-refractivity contribution in [1.29, 1.82) is 0 Å². The molecule has 1 aliphatic carbocycles. The van der Waals surface area contributed by atoms with Gasteiger partial charge in [-0.25, -0.2) is 0 Å². The summed E-state index contributed by atoms with van der Waals surface area (Å²) in [6.07, 6.45) is 9.26. The SMILES string of the molecule is COc1cccc(CC2CC(NC(=O)[C@H](CSCC3CCCCC3)NC(=O)[C@@H]3CSCN3)CCN2)c1. The van der Waals surface area contributed by atoms with Gasteiger partial charge in [-0.1, -0.05) is 31.4 Å². The molecule has 4 rings (SSSR count). The lowest BCUT2D eigenvalue weighted by molar-refractivity contribution is -0.129. The molecule has 200 valence electrons. The second-order valence-corrected chi connectivity index (χ2v) is 12.4. The van der Waals surface area contributed by atoms with E-state index in [9.17, 15) is 9.59 Å². The van der Waals surface area contributed by atoms with Gasteiger partial charge in [0.2, 0.25) is 11.8 Å². The van der Waals surface area contributed by atoms with Gasteiger partial charge in [0.15, 0.2) is 0 Å². The minimum Gasteiger partial charge on any atom is -0.497 e. The Morgan fingerprint density at radius 2 is 2.06 bits per heavy atom. The van der Waals surface area contributed by atoms with Crippen molar-refractivity contribution in [2.45, 2.75) is 75.5 Å². The number of thioether (sulfide) groups is 2. The van der Waals surface area contributed by atoms with E-state index in [-0.39, 0.29) is 23.9 Å². The number of piperidine rings is 1. The number of hydrogen-bond acceptors (Lipinski definition) is 7. The summed E-state index contributed by atoms with van der Waals surface area (Å²) >= 11 is 3.54. The number of rotatable bonds is 11. The third-order valence-corrected chi connectivity index (χ3v) is 9.70. The quantitative estimate of drug-likeness (QED) is 0.347. The summed E-state index contributed by atoms with van der Waals surface area (Å²) in [4.78, 5) is 26.2. The molecular formula is C27H42N4O3S2. The molecule has 2 unspecified atom stereocenters. The number of carbonyl (C=O) groups is 2. The monoisotopic (exact) mass is 534 g/mol. The number of amides is 2. The van der Waals surface area contributed by atoms with Gasteiger partial charge in [-0.3, -0.25) is 14.9 Å². The van der Waals surface area contributed by atoms with Crippen LogP contribution in [-0.4, -0.2) is 72.8 Å². The van der Waals surface area contributed by atoms with E-state index < -0.39 is 6.04 Å². The predicted molar refractivity (Wildman–Crippen MR) is 150 cm³/mol. The highest BCUT2D eigenvalue weighted by Gasteiger charge is 2.30. The van der Waals surface area contributed by atoms with Gasteiger partial charge in [-0.2, -0.15) is 11.8 Å². The van der Waals surface area contributed by atoms with Crippen molar-refractivity contribution < 1.29 is 14.3 Å². The topological polar surface area (TPSA) is 91.5 Å². The molecule has 4 N–H and O–H groups in total. The Labute approximate surface area is 224 Å². The average molecular weight is 535 g/mol. The Morgan fingerprint density at radius 3 is 2.83 bits per heavy atom. The van der Waals surface area contributed by atoms with Gasteiger partial charge in [-0.15, -0.1) is 11.8 Å². The van der Waals surface area contributed by atoms with Crippen molar-refractivity contribution >= 4 is 35.3 Å². The van der Waals surface area contributed by atoms with E-state index >= 15 is 0 Å². The maximum Gasteiger partial charge on any atom is 0.243 e. The molecule has 0 spiro atoms. The third-order valence-electron chi connectivity index (χ3n) is 7.49. The molecule has 2 saturated heterocycles. The van der Waals surface area contributed by atoms with Gasteiger partial charge >= 0.3 is 0 Å². The summed E-state index contributed by atoms with van der Waals surface area (Å²) in [5.41, 5.74) is 1.23. The minimum absolute atomic E-state index is 0.0443. The number of benzene rings is 1. The van der Waals surface area contributed by atoms with Gasteiger partial charge in [0.1, 0.15) is 11.8 Å². The number of hydrogen-bond donors (Lipinski definition) is 4. The molecule has 36 heavy (non-hydrogen) atoms. The molecule has 4 atom stereocenters. The molecule has 1 saturated carbocycles. The normalized spacial score (nSPS) is 25.8. The lowest BCUT2D eigenvalue weighted by Gasteiger charge is -2.32. The molecule has 1 aromatic carbocycles. The number of methoxy groups -OCH3 is 1. The highest BCUT2D eigenvalue weighted by Crippen LogP contribution is 2.27. The lowest BCUT2D eigenvalue weighted by atomic mass is 9.91. The summed E-state index contributed by atoms with van der Waals surface area (Å²) in [7, 11) is 1.69. The van der Waals surface area contributed by atoms with Crippen LogP contribution in [0.2, 0.25) is 0 Å². The summed E-state index contributed by atoms with van der Waals surface area (Å²) in [5.74, 6) is 4.77. The second kappa shape index (κ2) is 14.5. The molecule has 3 fully saturated rings. The van der Waals surface area contributed by atoms with E-state index in [4.69, 9.17) is 4.74 Å². The van der Waals surface area contributed by atoms with E-state index in [1.807, 2.05) is 23.9 Å². The lowest BCUT2D eigenvalue weighted by Crippen LogP contribution is -2.56. The van der Waals surface area contributed by atoms with Crippen molar-refractivity contribution in [3.05, 3.63) is 29.8 Å². The molecule has 3 aliphatic rings. The molecule has 7 nitrogen and oxygen atoms in total. The number of carbonyl (C=O) groups excluding carboxylic acids is 2. The van der Waals surface area contributed by atoms with Gasteiger partial charge in [0, 0.05) is 29.5 Å². The van der Waals surface area contributed by atoms with Crippen molar-refractivity contribution in [2.24, 2.45) is 5.92 Å². The minimum atomic E-state index is -0.495. The van der Waals surface area contributed by atoms with Crippen molar-refractivity contribution in [2.75, 3.05) is 36.8 Å². The zero-order chi connectivity index (χ0) is 25.2. The van der Waals surface area contributed by atoms with E-state index in [0.29, 0.717) is 11.8 Å². The van der Waals surface area contributed by atoms with Crippen LogP contribution in [0.1, 0.15) is 50.5 Å². The van der Waals surface area contributed by atoms with Crippen molar-refractivity contribution in [1.82, 2.24) is 21.3 Å². The first-order valence-corrected chi connectivity index (χ1v) is 15.8. The molecule has 2 heterocycles. The van der Waals surface area contributed by atoms with Gasteiger partial charge in [-0.05, 0) is 68.0 Å². The number of nitrogens with one attached hydrogen (secondary N) is 4. The Kier molecular flexibility index (Phi) is 11.1. The maximum atomic E-state index is 13.4. The van der Waals surface area contributed by atoms with E-state index in [2.05, 4.69) is 33.4 Å². The van der Waals surface area contributed by atoms with Crippen LogP contribution in [0.25, 0.3) is 0 Å². The van der Waals surface area contributed by atoms with Crippen LogP contribution in [-0.2, 0) is 16.0 Å². The fourth-order valence-corrected chi connectivity index (χ4v) is 7.62. The summed E-state index contributed by atoms with van der Waals surface area (Å²) in [6.45, 7) is 0.871. The first-order chi connectivity index (χ1) is 17.6.